The third-order valence-electron chi connectivity index (χ3n) is 3.53. The number of nitrogens with zero attached hydrogens (tertiary/aromatic N) is 4. The molecule has 1 N–H and O–H groups in total. The molecule has 21 heavy (non-hydrogen) atoms. The lowest BCUT2D eigenvalue weighted by Crippen LogP contribution is -2.37. The maximum absolute atomic E-state index is 12.2. The fourth-order valence-corrected chi connectivity index (χ4v) is 2.47. The Kier molecular flexibility index (Phi) is 3.77. The molecule has 2 aromatic heterocycles. The smallest absolute Gasteiger partial charge is 0.270 e. The molecule has 3 heterocycles. The van der Waals surface area contributed by atoms with E-state index in [1.54, 1.807) is 12.3 Å². The van der Waals surface area contributed by atoms with Crippen LogP contribution in [0.1, 0.15) is 22.6 Å². The van der Waals surface area contributed by atoms with E-state index in [1.807, 2.05) is 25.1 Å². The molecule has 1 amide bonds. The molecule has 6 heteroatoms. The highest BCUT2D eigenvalue weighted by atomic mass is 16.1. The summed E-state index contributed by atoms with van der Waals surface area (Å²) in [5, 5.41) is 3.02. The monoisotopic (exact) mass is 283 g/mol. The summed E-state index contributed by atoms with van der Waals surface area (Å²) in [6.07, 6.45) is 4.11. The minimum Gasteiger partial charge on any atom is -0.354 e. The largest absolute Gasteiger partial charge is 0.354 e. The molecule has 0 radical (unpaired) electrons. The Labute approximate surface area is 123 Å². The fourth-order valence-electron chi connectivity index (χ4n) is 2.47. The van der Waals surface area contributed by atoms with Crippen molar-refractivity contribution in [1.29, 1.82) is 0 Å². The predicted molar refractivity (Wildman–Crippen MR) is 79.1 cm³/mol. The van der Waals surface area contributed by atoms with Gasteiger partial charge in [-0.2, -0.15) is 0 Å². The summed E-state index contributed by atoms with van der Waals surface area (Å²) < 4.78 is 0. The Bertz CT molecular complexity index is 631. The van der Waals surface area contributed by atoms with E-state index in [0.717, 1.165) is 31.0 Å². The first-order valence-corrected chi connectivity index (χ1v) is 6.98. The highest BCUT2D eigenvalue weighted by Crippen LogP contribution is 2.17. The maximum atomic E-state index is 12.2. The third-order valence-corrected chi connectivity index (χ3v) is 3.53. The number of anilines is 1. The van der Waals surface area contributed by atoms with Crippen LogP contribution in [-0.2, 0) is 0 Å². The highest BCUT2D eigenvalue weighted by molar-refractivity contribution is 5.92. The van der Waals surface area contributed by atoms with Gasteiger partial charge in [-0.25, -0.2) is 15.0 Å². The van der Waals surface area contributed by atoms with Crippen molar-refractivity contribution in [1.82, 2.24) is 20.3 Å². The Balaban J connectivity index is 1.61. The Morgan fingerprint density at radius 2 is 2.24 bits per heavy atom. The second-order valence-corrected chi connectivity index (χ2v) is 5.14. The number of nitrogens with one attached hydrogen (secondary N) is 1. The third kappa shape index (κ3) is 3.16. The quantitative estimate of drug-likeness (QED) is 0.916. The number of carbonyl (C=O) groups is 1. The van der Waals surface area contributed by atoms with Crippen LogP contribution in [0.25, 0.3) is 0 Å². The van der Waals surface area contributed by atoms with E-state index in [0.29, 0.717) is 5.69 Å². The van der Waals surface area contributed by atoms with E-state index in [2.05, 4.69) is 25.2 Å². The van der Waals surface area contributed by atoms with Crippen LogP contribution >= 0.6 is 0 Å². The highest BCUT2D eigenvalue weighted by Gasteiger charge is 2.25. The first kappa shape index (κ1) is 13.5. The van der Waals surface area contributed by atoms with E-state index in [1.165, 1.54) is 6.33 Å². The van der Waals surface area contributed by atoms with Gasteiger partial charge >= 0.3 is 0 Å². The topological polar surface area (TPSA) is 71.0 Å². The second kappa shape index (κ2) is 5.87. The molecule has 1 unspecified atom stereocenters. The van der Waals surface area contributed by atoms with Gasteiger partial charge in [0.1, 0.15) is 17.8 Å². The van der Waals surface area contributed by atoms with E-state index < -0.39 is 0 Å². The summed E-state index contributed by atoms with van der Waals surface area (Å²) in [5.74, 6) is 0.806. The van der Waals surface area contributed by atoms with Crippen LogP contribution < -0.4 is 10.2 Å². The van der Waals surface area contributed by atoms with Crippen molar-refractivity contribution in [3.8, 4) is 0 Å². The van der Waals surface area contributed by atoms with Crippen molar-refractivity contribution < 1.29 is 4.79 Å². The zero-order chi connectivity index (χ0) is 14.7. The molecule has 1 fully saturated rings. The fraction of sp³-hybridized carbons (Fsp3) is 0.333. The molecule has 108 valence electrons. The molecule has 0 aliphatic carbocycles. The molecule has 6 nitrogen and oxygen atoms in total. The lowest BCUT2D eigenvalue weighted by molar-refractivity contribution is 0.0935. The maximum Gasteiger partial charge on any atom is 0.270 e. The minimum absolute atomic E-state index is 0.120. The second-order valence-electron chi connectivity index (χ2n) is 5.14. The summed E-state index contributed by atoms with van der Waals surface area (Å²) in [5.41, 5.74) is 1.20. The van der Waals surface area contributed by atoms with E-state index in [-0.39, 0.29) is 11.9 Å². The van der Waals surface area contributed by atoms with Crippen LogP contribution in [0, 0.1) is 6.92 Å². The zero-order valence-corrected chi connectivity index (χ0v) is 11.9. The SMILES string of the molecule is Cc1cc(C(=O)NC2CCN(c3ccccn3)C2)ncn1. The zero-order valence-electron chi connectivity index (χ0n) is 11.9. The molecular formula is C15H17N5O. The number of hydrogen-bond donors (Lipinski definition) is 1. The van der Waals surface area contributed by atoms with Crippen LogP contribution in [-0.4, -0.2) is 40.0 Å². The standard InChI is InChI=1S/C15H17N5O/c1-11-8-13(18-10-17-11)15(21)19-12-5-7-20(9-12)14-4-2-3-6-16-14/h2-4,6,8,10,12H,5,7,9H2,1H3,(H,19,21). The van der Waals surface area contributed by atoms with Crippen molar-refractivity contribution in [3.63, 3.8) is 0 Å². The molecule has 2 aromatic rings. The molecule has 3 rings (SSSR count). The number of aromatic nitrogens is 3. The van der Waals surface area contributed by atoms with Gasteiger partial charge in [-0.3, -0.25) is 4.79 Å². The van der Waals surface area contributed by atoms with E-state index in [4.69, 9.17) is 0 Å². The first-order chi connectivity index (χ1) is 10.2. The van der Waals surface area contributed by atoms with Gasteiger partial charge in [0.2, 0.25) is 0 Å². The molecule has 1 aliphatic rings. The van der Waals surface area contributed by atoms with Gasteiger partial charge in [-0.05, 0) is 31.5 Å². The molecule has 0 spiro atoms. The number of amides is 1. The molecule has 1 aliphatic heterocycles. The average molecular weight is 283 g/mol. The van der Waals surface area contributed by atoms with Gasteiger partial charge in [0, 0.05) is 31.0 Å². The summed E-state index contributed by atoms with van der Waals surface area (Å²) in [7, 11) is 0. The predicted octanol–water partition coefficient (Wildman–Crippen LogP) is 1.19. The number of hydrogen-bond acceptors (Lipinski definition) is 5. The number of rotatable bonds is 3. The van der Waals surface area contributed by atoms with Crippen molar-refractivity contribution in [3.05, 3.63) is 48.2 Å². The molecule has 0 saturated carbocycles. The van der Waals surface area contributed by atoms with Gasteiger partial charge in [-0.15, -0.1) is 0 Å². The Morgan fingerprint density at radius 1 is 1.33 bits per heavy atom. The minimum atomic E-state index is -0.145. The molecule has 1 saturated heterocycles. The van der Waals surface area contributed by atoms with Crippen LogP contribution in [0.3, 0.4) is 0 Å². The first-order valence-electron chi connectivity index (χ1n) is 6.98. The van der Waals surface area contributed by atoms with Gasteiger partial charge in [0.05, 0.1) is 0 Å². The molecule has 1 atom stereocenters. The van der Waals surface area contributed by atoms with Crippen molar-refractivity contribution >= 4 is 11.7 Å². The van der Waals surface area contributed by atoms with E-state index in [9.17, 15) is 4.79 Å². The van der Waals surface area contributed by atoms with Gasteiger partial charge in [0.25, 0.3) is 5.91 Å². The van der Waals surface area contributed by atoms with Gasteiger partial charge in [-0.1, -0.05) is 6.07 Å². The molecule has 0 bridgehead atoms. The summed E-state index contributed by atoms with van der Waals surface area (Å²) in [6.45, 7) is 3.51. The van der Waals surface area contributed by atoms with Gasteiger partial charge < -0.3 is 10.2 Å². The molecular weight excluding hydrogens is 266 g/mol. The van der Waals surface area contributed by atoms with Crippen molar-refractivity contribution in [2.45, 2.75) is 19.4 Å². The normalized spacial score (nSPS) is 17.8. The average Bonchev–Trinajstić information content (AvgIpc) is 2.97. The van der Waals surface area contributed by atoms with Crippen LogP contribution in [0.5, 0.6) is 0 Å². The van der Waals surface area contributed by atoms with Gasteiger partial charge in [0.15, 0.2) is 0 Å². The number of pyridine rings is 1. The molecule has 0 aromatic carbocycles. The summed E-state index contributed by atoms with van der Waals surface area (Å²) in [6, 6.07) is 7.67. The summed E-state index contributed by atoms with van der Waals surface area (Å²) >= 11 is 0. The summed E-state index contributed by atoms with van der Waals surface area (Å²) in [4.78, 5) is 26.7. The Hall–Kier alpha value is -2.50. The lowest BCUT2D eigenvalue weighted by atomic mass is 10.2. The Morgan fingerprint density at radius 3 is 3.00 bits per heavy atom. The van der Waals surface area contributed by atoms with Crippen LogP contribution in [0.4, 0.5) is 5.82 Å². The van der Waals surface area contributed by atoms with Crippen LogP contribution in [0.15, 0.2) is 36.8 Å². The number of carbonyl (C=O) groups excluding carboxylic acids is 1. The van der Waals surface area contributed by atoms with Crippen LogP contribution in [0.2, 0.25) is 0 Å². The number of aryl methyl sites for hydroxylation is 1. The van der Waals surface area contributed by atoms with Crippen molar-refractivity contribution in [2.24, 2.45) is 0 Å². The lowest BCUT2D eigenvalue weighted by Gasteiger charge is -2.17. The van der Waals surface area contributed by atoms with Crippen molar-refractivity contribution in [2.75, 3.05) is 18.0 Å². The van der Waals surface area contributed by atoms with E-state index >= 15 is 0 Å².